The van der Waals surface area contributed by atoms with Gasteiger partial charge in [-0.1, -0.05) is 35.3 Å². The predicted molar refractivity (Wildman–Crippen MR) is 85.7 cm³/mol. The topological polar surface area (TPSA) is 54.5 Å². The van der Waals surface area contributed by atoms with Crippen LogP contribution >= 0.6 is 23.2 Å². The van der Waals surface area contributed by atoms with Crippen LogP contribution < -0.4 is 10.1 Å². The Hall–Kier alpha value is -1.98. The van der Waals surface area contributed by atoms with E-state index in [1.165, 1.54) is 0 Å². The SMILES string of the molecule is O=C(Nc1cccnc1Cl)N1CC(Oc2ccccc2Cl)C1. The van der Waals surface area contributed by atoms with Crippen LogP contribution in [0.3, 0.4) is 0 Å². The van der Waals surface area contributed by atoms with Gasteiger partial charge in [0.05, 0.1) is 23.8 Å². The van der Waals surface area contributed by atoms with Gasteiger partial charge in [-0.25, -0.2) is 9.78 Å². The maximum Gasteiger partial charge on any atom is 0.322 e. The molecular weight excluding hydrogens is 325 g/mol. The fourth-order valence-electron chi connectivity index (χ4n) is 2.07. The van der Waals surface area contributed by atoms with Crippen LogP contribution in [0, 0.1) is 0 Å². The molecule has 1 saturated heterocycles. The molecule has 0 unspecified atom stereocenters. The standard InChI is InChI=1S/C15H13Cl2N3O2/c16-11-4-1-2-6-13(11)22-10-8-20(9-10)15(21)19-12-5-3-7-18-14(12)17/h1-7,10H,8-9H2,(H,19,21). The highest BCUT2D eigenvalue weighted by Gasteiger charge is 2.32. The summed E-state index contributed by atoms with van der Waals surface area (Å²) in [6.07, 6.45) is 1.50. The van der Waals surface area contributed by atoms with Crippen LogP contribution in [0.5, 0.6) is 5.75 Å². The molecule has 114 valence electrons. The third kappa shape index (κ3) is 3.26. The summed E-state index contributed by atoms with van der Waals surface area (Å²) in [6, 6.07) is 10.5. The average Bonchev–Trinajstić information content (AvgIpc) is 2.46. The minimum absolute atomic E-state index is 0.0602. The zero-order valence-electron chi connectivity index (χ0n) is 11.5. The second-order valence-electron chi connectivity index (χ2n) is 4.85. The molecule has 22 heavy (non-hydrogen) atoms. The maximum atomic E-state index is 12.1. The molecule has 0 bridgehead atoms. The molecule has 7 heteroatoms. The summed E-state index contributed by atoms with van der Waals surface area (Å²) >= 11 is 11.9. The van der Waals surface area contributed by atoms with Crippen molar-refractivity contribution in [2.45, 2.75) is 6.10 Å². The molecule has 1 aromatic heterocycles. The van der Waals surface area contributed by atoms with Crippen molar-refractivity contribution in [2.75, 3.05) is 18.4 Å². The third-order valence-electron chi connectivity index (χ3n) is 3.27. The fourth-order valence-corrected chi connectivity index (χ4v) is 2.42. The molecule has 1 fully saturated rings. The zero-order valence-corrected chi connectivity index (χ0v) is 13.0. The Morgan fingerprint density at radius 2 is 2.00 bits per heavy atom. The number of nitrogens with one attached hydrogen (secondary N) is 1. The van der Waals surface area contributed by atoms with Crippen molar-refractivity contribution in [2.24, 2.45) is 0 Å². The van der Waals surface area contributed by atoms with Crippen LogP contribution in [-0.4, -0.2) is 35.1 Å². The van der Waals surface area contributed by atoms with Crippen molar-refractivity contribution >= 4 is 34.9 Å². The number of hydrogen-bond acceptors (Lipinski definition) is 3. The lowest BCUT2D eigenvalue weighted by atomic mass is 10.2. The molecule has 0 spiro atoms. The van der Waals surface area contributed by atoms with Crippen LogP contribution in [-0.2, 0) is 0 Å². The Balaban J connectivity index is 1.52. The summed E-state index contributed by atoms with van der Waals surface area (Å²) in [5, 5.41) is 3.55. The number of carbonyl (C=O) groups is 1. The molecule has 2 heterocycles. The number of pyridine rings is 1. The van der Waals surface area contributed by atoms with E-state index in [1.54, 1.807) is 35.4 Å². The molecular formula is C15H13Cl2N3O2. The number of rotatable bonds is 3. The van der Waals surface area contributed by atoms with Crippen molar-refractivity contribution in [1.82, 2.24) is 9.88 Å². The van der Waals surface area contributed by atoms with E-state index in [9.17, 15) is 4.79 Å². The Kier molecular flexibility index (Phi) is 4.36. The molecule has 2 aromatic rings. The maximum absolute atomic E-state index is 12.1. The predicted octanol–water partition coefficient (Wildman–Crippen LogP) is 3.68. The lowest BCUT2D eigenvalue weighted by Gasteiger charge is -2.38. The van der Waals surface area contributed by atoms with Gasteiger partial charge >= 0.3 is 6.03 Å². The van der Waals surface area contributed by atoms with Gasteiger partial charge < -0.3 is 15.0 Å². The second-order valence-corrected chi connectivity index (χ2v) is 5.61. The highest BCUT2D eigenvalue weighted by molar-refractivity contribution is 6.32. The summed E-state index contributed by atoms with van der Waals surface area (Å²) < 4.78 is 5.74. The highest BCUT2D eigenvalue weighted by atomic mass is 35.5. The number of urea groups is 1. The number of aromatic nitrogens is 1. The molecule has 2 amide bonds. The fraction of sp³-hybridized carbons (Fsp3) is 0.200. The summed E-state index contributed by atoms with van der Waals surface area (Å²) in [5.74, 6) is 0.629. The summed E-state index contributed by atoms with van der Waals surface area (Å²) in [4.78, 5) is 17.6. The number of likely N-dealkylation sites (tertiary alicyclic amines) is 1. The Labute approximate surface area is 137 Å². The molecule has 5 nitrogen and oxygen atoms in total. The number of amides is 2. The Morgan fingerprint density at radius 1 is 1.23 bits per heavy atom. The molecule has 0 aliphatic carbocycles. The Morgan fingerprint density at radius 3 is 2.73 bits per heavy atom. The average molecular weight is 338 g/mol. The van der Waals surface area contributed by atoms with Gasteiger partial charge in [0.25, 0.3) is 0 Å². The first kappa shape index (κ1) is 14.9. The number of para-hydroxylation sites is 1. The van der Waals surface area contributed by atoms with E-state index in [0.29, 0.717) is 29.5 Å². The van der Waals surface area contributed by atoms with E-state index in [-0.39, 0.29) is 17.3 Å². The molecule has 0 radical (unpaired) electrons. The third-order valence-corrected chi connectivity index (χ3v) is 3.88. The first-order valence-corrected chi connectivity index (χ1v) is 7.46. The van der Waals surface area contributed by atoms with Gasteiger partial charge in [-0.15, -0.1) is 0 Å². The van der Waals surface area contributed by atoms with Gasteiger partial charge in [0.15, 0.2) is 5.15 Å². The van der Waals surface area contributed by atoms with Gasteiger partial charge in [0, 0.05) is 6.20 Å². The van der Waals surface area contributed by atoms with Crippen molar-refractivity contribution in [3.63, 3.8) is 0 Å². The number of hydrogen-bond donors (Lipinski definition) is 1. The van der Waals surface area contributed by atoms with E-state index in [4.69, 9.17) is 27.9 Å². The number of carbonyl (C=O) groups excluding carboxylic acids is 1. The molecule has 1 aromatic carbocycles. The highest BCUT2D eigenvalue weighted by Crippen LogP contribution is 2.27. The summed E-state index contributed by atoms with van der Waals surface area (Å²) in [7, 11) is 0. The van der Waals surface area contributed by atoms with E-state index in [0.717, 1.165) is 0 Å². The minimum atomic E-state index is -0.228. The minimum Gasteiger partial charge on any atom is -0.485 e. The molecule has 1 aliphatic heterocycles. The van der Waals surface area contributed by atoms with Crippen LogP contribution in [0.4, 0.5) is 10.5 Å². The first-order chi connectivity index (χ1) is 10.6. The van der Waals surface area contributed by atoms with E-state index in [1.807, 2.05) is 12.1 Å². The Bertz CT molecular complexity index is 690. The zero-order chi connectivity index (χ0) is 15.5. The van der Waals surface area contributed by atoms with Gasteiger partial charge in [-0.05, 0) is 24.3 Å². The molecule has 1 aliphatic rings. The number of ether oxygens (including phenoxy) is 1. The van der Waals surface area contributed by atoms with Crippen molar-refractivity contribution < 1.29 is 9.53 Å². The molecule has 0 saturated carbocycles. The van der Waals surface area contributed by atoms with Gasteiger partial charge in [-0.3, -0.25) is 0 Å². The van der Waals surface area contributed by atoms with E-state index in [2.05, 4.69) is 10.3 Å². The smallest absolute Gasteiger partial charge is 0.322 e. The van der Waals surface area contributed by atoms with Crippen molar-refractivity contribution in [3.05, 3.63) is 52.8 Å². The van der Waals surface area contributed by atoms with Crippen LogP contribution in [0.2, 0.25) is 10.2 Å². The molecule has 1 N–H and O–H groups in total. The van der Waals surface area contributed by atoms with Crippen LogP contribution in [0.1, 0.15) is 0 Å². The van der Waals surface area contributed by atoms with Crippen LogP contribution in [0.25, 0.3) is 0 Å². The quantitative estimate of drug-likeness (QED) is 0.869. The number of halogens is 2. The normalized spacial score (nSPS) is 14.4. The number of anilines is 1. The van der Waals surface area contributed by atoms with E-state index < -0.39 is 0 Å². The first-order valence-electron chi connectivity index (χ1n) is 6.71. The van der Waals surface area contributed by atoms with Gasteiger partial charge in [-0.2, -0.15) is 0 Å². The largest absolute Gasteiger partial charge is 0.485 e. The number of benzene rings is 1. The number of nitrogens with zero attached hydrogens (tertiary/aromatic N) is 2. The second kappa shape index (κ2) is 6.42. The molecule has 0 atom stereocenters. The van der Waals surface area contributed by atoms with Crippen molar-refractivity contribution in [1.29, 1.82) is 0 Å². The van der Waals surface area contributed by atoms with Crippen molar-refractivity contribution in [3.8, 4) is 5.75 Å². The lowest BCUT2D eigenvalue weighted by Crippen LogP contribution is -2.57. The monoisotopic (exact) mass is 337 g/mol. The lowest BCUT2D eigenvalue weighted by molar-refractivity contribution is 0.0494. The van der Waals surface area contributed by atoms with Crippen LogP contribution in [0.15, 0.2) is 42.6 Å². The van der Waals surface area contributed by atoms with E-state index >= 15 is 0 Å². The van der Waals surface area contributed by atoms with Gasteiger partial charge in [0.2, 0.25) is 0 Å². The van der Waals surface area contributed by atoms with Gasteiger partial charge in [0.1, 0.15) is 11.9 Å². The molecule has 3 rings (SSSR count). The summed E-state index contributed by atoms with van der Waals surface area (Å²) in [6.45, 7) is 0.990. The summed E-state index contributed by atoms with van der Waals surface area (Å²) in [5.41, 5.74) is 0.490.